The molecule has 144 valence electrons. The fourth-order valence-electron chi connectivity index (χ4n) is 3.29. The molecule has 0 atom stereocenters. The Kier molecular flexibility index (Phi) is 9.81. The van der Waals surface area contributed by atoms with E-state index in [2.05, 4.69) is 103 Å². The van der Waals surface area contributed by atoms with Crippen LogP contribution >= 0.6 is 0 Å². The third kappa shape index (κ3) is 6.39. The van der Waals surface area contributed by atoms with Gasteiger partial charge in [-0.25, -0.2) is 0 Å². The molecular formula is C26H32SiZr. The second kappa shape index (κ2) is 11.1. The average molecular weight is 464 g/mol. The molecule has 0 spiro atoms. The molecule has 0 aliphatic carbocycles. The molecule has 0 saturated carbocycles. The minimum atomic E-state index is 0. The molecule has 4 rings (SSSR count). The maximum Gasteiger partial charge on any atom is 2.00 e. The summed E-state index contributed by atoms with van der Waals surface area (Å²) in [5, 5.41) is 5.48. The smallest absolute Gasteiger partial charge is 0.165 e. The molecule has 0 amide bonds. The van der Waals surface area contributed by atoms with Gasteiger partial charge in [0.05, 0.1) is 0 Å². The van der Waals surface area contributed by atoms with Crippen molar-refractivity contribution >= 4 is 31.1 Å². The largest absolute Gasteiger partial charge is 2.00 e. The number of aryl methyl sites for hydroxylation is 6. The second-order valence-electron chi connectivity index (χ2n) is 7.70. The Morgan fingerprint density at radius 1 is 0.536 bits per heavy atom. The van der Waals surface area contributed by atoms with Gasteiger partial charge in [-0.05, 0) is 27.7 Å². The van der Waals surface area contributed by atoms with Crippen molar-refractivity contribution in [1.29, 1.82) is 0 Å². The molecule has 4 aromatic carbocycles. The summed E-state index contributed by atoms with van der Waals surface area (Å²) in [6.07, 6.45) is 0. The van der Waals surface area contributed by atoms with E-state index < -0.39 is 0 Å². The van der Waals surface area contributed by atoms with Crippen LogP contribution in [0.25, 0.3) is 21.5 Å². The van der Waals surface area contributed by atoms with E-state index in [1.807, 2.05) is 0 Å². The zero-order chi connectivity index (χ0) is 20.1. The molecule has 4 aromatic rings. The van der Waals surface area contributed by atoms with Crippen LogP contribution in [0.15, 0.2) is 48.5 Å². The van der Waals surface area contributed by atoms with Gasteiger partial charge in [0.15, 0.2) is 0 Å². The van der Waals surface area contributed by atoms with Crippen LogP contribution in [-0.2, 0) is 26.2 Å². The van der Waals surface area contributed by atoms with Gasteiger partial charge in [-0.1, -0.05) is 49.2 Å². The van der Waals surface area contributed by atoms with Gasteiger partial charge in [0, 0.05) is 9.52 Å². The molecule has 0 aromatic heterocycles. The summed E-state index contributed by atoms with van der Waals surface area (Å²) in [5.74, 6) is 0. The van der Waals surface area contributed by atoms with Crippen LogP contribution in [0.1, 0.15) is 33.4 Å². The van der Waals surface area contributed by atoms with Crippen LogP contribution in [-0.4, -0.2) is 9.52 Å². The Bertz CT molecular complexity index is 872. The number of fused-ring (bicyclic) bond motifs is 2. The average Bonchev–Trinajstić information content (AvgIpc) is 3.10. The Morgan fingerprint density at radius 2 is 0.821 bits per heavy atom. The van der Waals surface area contributed by atoms with Crippen LogP contribution in [0, 0.1) is 41.5 Å². The molecule has 0 aliphatic rings. The van der Waals surface area contributed by atoms with Crippen LogP contribution in [0.4, 0.5) is 0 Å². The summed E-state index contributed by atoms with van der Waals surface area (Å²) < 4.78 is 0. The topological polar surface area (TPSA) is 0 Å². The maximum atomic E-state index is 2.26. The number of hydrogen-bond donors (Lipinski definition) is 0. The molecule has 0 unspecified atom stereocenters. The Balaban J connectivity index is 0.000000239. The van der Waals surface area contributed by atoms with E-state index >= 15 is 0 Å². The summed E-state index contributed by atoms with van der Waals surface area (Å²) in [7, 11) is 1.08. The predicted octanol–water partition coefficient (Wildman–Crippen LogP) is 7.75. The third-order valence-electron chi connectivity index (χ3n) is 4.93. The molecular weight excluding hydrogens is 432 g/mol. The van der Waals surface area contributed by atoms with Crippen molar-refractivity contribution < 1.29 is 26.2 Å². The molecule has 0 nitrogen and oxygen atoms in total. The van der Waals surface area contributed by atoms with Gasteiger partial charge in [-0.2, -0.15) is 12.1 Å². The quantitative estimate of drug-likeness (QED) is 0.185. The predicted molar refractivity (Wildman–Crippen MR) is 125 cm³/mol. The van der Waals surface area contributed by atoms with Crippen molar-refractivity contribution in [1.82, 2.24) is 0 Å². The molecule has 28 heavy (non-hydrogen) atoms. The van der Waals surface area contributed by atoms with Gasteiger partial charge in [0.2, 0.25) is 0 Å². The van der Waals surface area contributed by atoms with E-state index in [-0.39, 0.29) is 26.2 Å². The zero-order valence-electron chi connectivity index (χ0n) is 18.6. The molecule has 0 aliphatic heterocycles. The fraction of sp³-hybridized carbons (Fsp3) is 0.308. The normalized spacial score (nSPS) is 10.0. The van der Waals surface area contributed by atoms with E-state index in [0.29, 0.717) is 0 Å². The zero-order valence-corrected chi connectivity index (χ0v) is 22.1. The van der Waals surface area contributed by atoms with Crippen molar-refractivity contribution in [2.45, 2.75) is 54.6 Å². The maximum absolute atomic E-state index is 2.26. The van der Waals surface area contributed by atoms with Crippen LogP contribution in [0.2, 0.25) is 13.1 Å². The molecule has 0 heterocycles. The SMILES string of the molecule is C[Si]C.Cc1cc2cc(C)c(C)cc2[cH-]1.Cc1cc2cc(C)c(C)cc2[cH-]1.[Zr+2]. The van der Waals surface area contributed by atoms with Crippen LogP contribution in [0.5, 0.6) is 0 Å². The molecule has 0 fully saturated rings. The van der Waals surface area contributed by atoms with E-state index in [4.69, 9.17) is 0 Å². The van der Waals surface area contributed by atoms with Gasteiger partial charge in [-0.3, -0.25) is 0 Å². The first kappa shape index (κ1) is 24.8. The van der Waals surface area contributed by atoms with Crippen LogP contribution in [0.3, 0.4) is 0 Å². The molecule has 0 saturated heterocycles. The standard InChI is InChI=1S/2C12H13.C2H6Si.Zr/c2*1-8-4-11-6-9(2)10(3)7-12(11)5-8;1-3-2;/h2*4-7H,1-3H3;1-2H3;/q2*-1;;+2. The summed E-state index contributed by atoms with van der Waals surface area (Å²) in [6, 6.07) is 18.0. The number of benzene rings is 2. The third-order valence-corrected chi connectivity index (χ3v) is 4.93. The monoisotopic (exact) mass is 462 g/mol. The summed E-state index contributed by atoms with van der Waals surface area (Å²) in [4.78, 5) is 0. The summed E-state index contributed by atoms with van der Waals surface area (Å²) in [5.41, 5.74) is 8.24. The van der Waals surface area contributed by atoms with E-state index in [9.17, 15) is 0 Å². The summed E-state index contributed by atoms with van der Waals surface area (Å²) >= 11 is 0. The summed E-state index contributed by atoms with van der Waals surface area (Å²) in [6.45, 7) is 17.2. The van der Waals surface area contributed by atoms with Crippen LogP contribution < -0.4 is 0 Å². The first-order valence-corrected chi connectivity index (χ1v) is 11.6. The molecule has 2 heteroatoms. The van der Waals surface area contributed by atoms with Crippen molar-refractivity contribution in [3.05, 3.63) is 81.9 Å². The molecule has 2 radical (unpaired) electrons. The van der Waals surface area contributed by atoms with Gasteiger partial charge >= 0.3 is 26.2 Å². The minimum absolute atomic E-state index is 0. The first-order chi connectivity index (χ1) is 12.7. The minimum Gasteiger partial charge on any atom is -0.165 e. The second-order valence-corrected chi connectivity index (χ2v) is 8.70. The van der Waals surface area contributed by atoms with Gasteiger partial charge < -0.3 is 0 Å². The van der Waals surface area contributed by atoms with E-state index in [0.717, 1.165) is 9.52 Å². The van der Waals surface area contributed by atoms with Crippen molar-refractivity contribution in [3.8, 4) is 0 Å². The van der Waals surface area contributed by atoms with Crippen molar-refractivity contribution in [2.24, 2.45) is 0 Å². The Morgan fingerprint density at radius 3 is 1.14 bits per heavy atom. The number of rotatable bonds is 0. The van der Waals surface area contributed by atoms with Gasteiger partial charge in [0.1, 0.15) is 0 Å². The molecule has 0 N–H and O–H groups in total. The van der Waals surface area contributed by atoms with Crippen molar-refractivity contribution in [3.63, 3.8) is 0 Å². The first-order valence-electron chi connectivity index (χ1n) is 9.62. The fourth-order valence-corrected chi connectivity index (χ4v) is 3.29. The van der Waals surface area contributed by atoms with Gasteiger partial charge in [-0.15, -0.1) is 69.1 Å². The Hall–Kier alpha value is -1.24. The van der Waals surface area contributed by atoms with Crippen molar-refractivity contribution in [2.75, 3.05) is 0 Å². The molecule has 0 bridgehead atoms. The Labute approximate surface area is 193 Å². The van der Waals surface area contributed by atoms with Gasteiger partial charge in [0.25, 0.3) is 0 Å². The number of hydrogen-bond acceptors (Lipinski definition) is 0. The van der Waals surface area contributed by atoms with E-state index in [1.165, 1.54) is 54.9 Å². The van der Waals surface area contributed by atoms with E-state index in [1.54, 1.807) is 0 Å².